The van der Waals surface area contributed by atoms with Crippen LogP contribution in [0.3, 0.4) is 0 Å². The minimum Gasteiger partial charge on any atom is -0.338 e. The van der Waals surface area contributed by atoms with Crippen molar-refractivity contribution in [3.63, 3.8) is 0 Å². The largest absolute Gasteiger partial charge is 0.338 e. The van der Waals surface area contributed by atoms with E-state index in [1.165, 1.54) is 11.3 Å². The Morgan fingerprint density at radius 3 is 2.63 bits per heavy atom. The third-order valence-electron chi connectivity index (χ3n) is 4.97. The van der Waals surface area contributed by atoms with Gasteiger partial charge in [0.1, 0.15) is 5.54 Å². The number of thiophene rings is 1. The van der Waals surface area contributed by atoms with E-state index in [-0.39, 0.29) is 11.8 Å². The number of rotatable bonds is 4. The van der Waals surface area contributed by atoms with Crippen LogP contribution in [0.25, 0.3) is 0 Å². The molecule has 0 spiro atoms. The van der Waals surface area contributed by atoms with Crippen molar-refractivity contribution in [2.24, 2.45) is 7.05 Å². The Morgan fingerprint density at radius 1 is 1.22 bits per heavy atom. The van der Waals surface area contributed by atoms with E-state index < -0.39 is 5.54 Å². The average Bonchev–Trinajstić information content (AvgIpc) is 3.44. The Bertz CT molecular complexity index is 923. The van der Waals surface area contributed by atoms with Crippen LogP contribution in [0.1, 0.15) is 23.2 Å². The summed E-state index contributed by atoms with van der Waals surface area (Å²) in [6.45, 7) is 0.981. The predicted molar refractivity (Wildman–Crippen MR) is 101 cm³/mol. The minimum absolute atomic E-state index is 0.00968. The molecular formula is C18H20N6O2S. The quantitative estimate of drug-likeness (QED) is 0.745. The van der Waals surface area contributed by atoms with Gasteiger partial charge in [-0.05, 0) is 30.4 Å². The minimum atomic E-state index is -0.841. The van der Waals surface area contributed by atoms with Crippen LogP contribution < -0.4 is 5.32 Å². The summed E-state index contributed by atoms with van der Waals surface area (Å²) < 4.78 is 3.34. The number of aromatic nitrogens is 4. The molecular weight excluding hydrogens is 364 g/mol. The van der Waals surface area contributed by atoms with Gasteiger partial charge in [0.05, 0.1) is 5.56 Å². The van der Waals surface area contributed by atoms with E-state index in [1.807, 2.05) is 16.8 Å². The molecule has 4 heterocycles. The van der Waals surface area contributed by atoms with Gasteiger partial charge in [0, 0.05) is 50.2 Å². The monoisotopic (exact) mass is 384 g/mol. The van der Waals surface area contributed by atoms with Crippen molar-refractivity contribution in [2.75, 3.05) is 18.4 Å². The summed E-state index contributed by atoms with van der Waals surface area (Å²) in [7, 11) is 1.80. The number of carbonyl (C=O) groups excluding carboxylic acids is 2. The molecule has 0 bridgehead atoms. The highest BCUT2D eigenvalue weighted by molar-refractivity contribution is 7.08. The molecule has 1 aliphatic rings. The molecule has 0 aliphatic carbocycles. The van der Waals surface area contributed by atoms with Crippen molar-refractivity contribution >= 4 is 29.0 Å². The Balaban J connectivity index is 1.54. The van der Waals surface area contributed by atoms with E-state index in [1.54, 1.807) is 52.0 Å². The van der Waals surface area contributed by atoms with Gasteiger partial charge in [-0.15, -0.1) is 0 Å². The second-order valence-corrected chi connectivity index (χ2v) is 7.40. The summed E-state index contributed by atoms with van der Waals surface area (Å²) in [5.74, 6) is 0.355. The zero-order chi connectivity index (χ0) is 18.9. The molecule has 1 fully saturated rings. The van der Waals surface area contributed by atoms with Gasteiger partial charge in [0.2, 0.25) is 0 Å². The van der Waals surface area contributed by atoms with Crippen LogP contribution >= 0.6 is 11.3 Å². The van der Waals surface area contributed by atoms with Crippen molar-refractivity contribution < 1.29 is 9.59 Å². The van der Waals surface area contributed by atoms with Crippen LogP contribution in [0.2, 0.25) is 0 Å². The molecule has 140 valence electrons. The number of nitrogens with zero attached hydrogens (tertiary/aromatic N) is 5. The third kappa shape index (κ3) is 3.25. The Labute approximate surface area is 160 Å². The fourth-order valence-corrected chi connectivity index (χ4v) is 4.07. The molecule has 0 saturated carbocycles. The van der Waals surface area contributed by atoms with Crippen molar-refractivity contribution in [1.82, 2.24) is 24.5 Å². The van der Waals surface area contributed by atoms with Gasteiger partial charge >= 0.3 is 0 Å². The lowest BCUT2D eigenvalue weighted by Crippen LogP contribution is -2.54. The van der Waals surface area contributed by atoms with Crippen molar-refractivity contribution in [3.05, 3.63) is 53.1 Å². The maximum atomic E-state index is 13.2. The summed E-state index contributed by atoms with van der Waals surface area (Å²) in [5.41, 5.74) is -0.142. The zero-order valence-corrected chi connectivity index (χ0v) is 15.7. The van der Waals surface area contributed by atoms with E-state index in [0.717, 1.165) is 0 Å². The number of aryl methyl sites for hydroxylation is 1. The number of carbonyl (C=O) groups is 2. The van der Waals surface area contributed by atoms with Gasteiger partial charge in [0.15, 0.2) is 5.82 Å². The van der Waals surface area contributed by atoms with Gasteiger partial charge in [-0.2, -0.15) is 21.5 Å². The maximum absolute atomic E-state index is 13.2. The fourth-order valence-electron chi connectivity index (χ4n) is 3.45. The number of nitrogens with one attached hydrogen (secondary N) is 1. The van der Waals surface area contributed by atoms with E-state index in [2.05, 4.69) is 15.5 Å². The van der Waals surface area contributed by atoms with Crippen LogP contribution in [0, 0.1) is 0 Å². The average molecular weight is 384 g/mol. The molecule has 8 nitrogen and oxygen atoms in total. The molecule has 2 amide bonds. The van der Waals surface area contributed by atoms with Crippen molar-refractivity contribution in [3.8, 4) is 0 Å². The Hall–Kier alpha value is -2.94. The molecule has 3 aromatic rings. The fraction of sp³-hybridized carbons (Fsp3) is 0.333. The van der Waals surface area contributed by atoms with Crippen LogP contribution in [-0.2, 0) is 17.4 Å². The number of hydrogen-bond acceptors (Lipinski definition) is 5. The summed E-state index contributed by atoms with van der Waals surface area (Å²) in [4.78, 5) is 27.6. The van der Waals surface area contributed by atoms with Gasteiger partial charge in [-0.25, -0.2) is 0 Å². The molecule has 1 aliphatic heterocycles. The van der Waals surface area contributed by atoms with Crippen molar-refractivity contribution in [2.45, 2.75) is 18.4 Å². The molecule has 1 saturated heterocycles. The number of hydrogen-bond donors (Lipinski definition) is 1. The normalized spacial score (nSPS) is 16.3. The van der Waals surface area contributed by atoms with Crippen LogP contribution in [0.15, 0.2) is 47.5 Å². The first-order chi connectivity index (χ1) is 13.1. The molecule has 27 heavy (non-hydrogen) atoms. The van der Waals surface area contributed by atoms with Crippen LogP contribution in [-0.4, -0.2) is 49.4 Å². The molecule has 0 atom stereocenters. The molecule has 1 N–H and O–H groups in total. The SMILES string of the molecule is Cn1ccc(NC(=O)C2(n3cccn3)CCN(C(=O)c3ccsc3)CC2)n1. The summed E-state index contributed by atoms with van der Waals surface area (Å²) in [5, 5.41) is 15.2. The highest BCUT2D eigenvalue weighted by Gasteiger charge is 2.44. The molecule has 9 heteroatoms. The number of likely N-dealkylation sites (tertiary alicyclic amines) is 1. The van der Waals surface area contributed by atoms with Crippen molar-refractivity contribution in [1.29, 1.82) is 0 Å². The highest BCUT2D eigenvalue weighted by Crippen LogP contribution is 2.32. The zero-order valence-electron chi connectivity index (χ0n) is 14.9. The first kappa shape index (κ1) is 17.5. The molecule has 4 rings (SSSR count). The Kier molecular flexibility index (Phi) is 4.53. The van der Waals surface area contributed by atoms with Gasteiger partial charge < -0.3 is 10.2 Å². The molecule has 0 unspecified atom stereocenters. The third-order valence-corrected chi connectivity index (χ3v) is 5.65. The predicted octanol–water partition coefficient (Wildman–Crippen LogP) is 1.95. The lowest BCUT2D eigenvalue weighted by atomic mass is 9.86. The first-order valence-corrected chi connectivity index (χ1v) is 9.65. The van der Waals surface area contributed by atoms with Crippen LogP contribution in [0.4, 0.5) is 5.82 Å². The van der Waals surface area contributed by atoms with Gasteiger partial charge in [-0.3, -0.25) is 19.0 Å². The summed E-state index contributed by atoms with van der Waals surface area (Å²) in [6.07, 6.45) is 6.22. The van der Waals surface area contributed by atoms with Crippen LogP contribution in [0.5, 0.6) is 0 Å². The standard InChI is InChI=1S/C18H20N6O2S/c1-22-9-3-15(21-22)20-17(26)18(24-8-2-7-19-24)5-10-23(11-6-18)16(25)14-4-12-27-13-14/h2-4,7-9,12-13H,5-6,10-11H2,1H3,(H,20,21,26). The molecule has 0 aromatic carbocycles. The van der Waals surface area contributed by atoms with Gasteiger partial charge in [0.25, 0.3) is 11.8 Å². The summed E-state index contributed by atoms with van der Waals surface area (Å²) in [6, 6.07) is 5.39. The number of anilines is 1. The lowest BCUT2D eigenvalue weighted by Gasteiger charge is -2.40. The first-order valence-electron chi connectivity index (χ1n) is 8.71. The second-order valence-electron chi connectivity index (χ2n) is 6.62. The topological polar surface area (TPSA) is 85.0 Å². The van der Waals surface area contributed by atoms with E-state index in [4.69, 9.17) is 0 Å². The Morgan fingerprint density at radius 2 is 2.04 bits per heavy atom. The van der Waals surface area contributed by atoms with E-state index in [9.17, 15) is 9.59 Å². The van der Waals surface area contributed by atoms with Gasteiger partial charge in [-0.1, -0.05) is 0 Å². The van der Waals surface area contributed by atoms with E-state index >= 15 is 0 Å². The molecule has 0 radical (unpaired) electrons. The smallest absolute Gasteiger partial charge is 0.254 e. The lowest BCUT2D eigenvalue weighted by molar-refractivity contribution is -0.127. The molecule has 3 aromatic heterocycles. The summed E-state index contributed by atoms with van der Waals surface area (Å²) >= 11 is 1.50. The second kappa shape index (κ2) is 6.99. The maximum Gasteiger partial charge on any atom is 0.254 e. The van der Waals surface area contributed by atoms with E-state index in [0.29, 0.717) is 37.3 Å². The number of amides is 2. The highest BCUT2D eigenvalue weighted by atomic mass is 32.1. The number of piperidine rings is 1.